The molecule has 0 aromatic heterocycles. The van der Waals surface area contributed by atoms with E-state index in [4.69, 9.17) is 4.74 Å². The summed E-state index contributed by atoms with van der Waals surface area (Å²) >= 11 is 2.20. The third kappa shape index (κ3) is 3.81. The molecule has 0 N–H and O–H groups in total. The van der Waals surface area contributed by atoms with Gasteiger partial charge < -0.3 is 4.74 Å². The van der Waals surface area contributed by atoms with E-state index in [0.29, 0.717) is 0 Å². The van der Waals surface area contributed by atoms with E-state index in [1.807, 2.05) is 47.5 Å². The predicted molar refractivity (Wildman–Crippen MR) is 78.3 cm³/mol. The molecule has 0 radical (unpaired) electrons. The Balaban J connectivity index is 3.01. The van der Waals surface area contributed by atoms with E-state index >= 15 is 0 Å². The molecule has 0 saturated heterocycles. The van der Waals surface area contributed by atoms with Crippen molar-refractivity contribution in [3.63, 3.8) is 0 Å². The summed E-state index contributed by atoms with van der Waals surface area (Å²) < 4.78 is 7.09. The van der Waals surface area contributed by atoms with Gasteiger partial charge in [0.1, 0.15) is 5.75 Å². The summed E-state index contributed by atoms with van der Waals surface area (Å²) in [7, 11) is 1.66. The summed E-state index contributed by atoms with van der Waals surface area (Å²) in [6, 6.07) is 7.93. The highest BCUT2D eigenvalue weighted by Crippen LogP contribution is 2.20. The Hall–Kier alpha value is -1.10. The highest BCUT2D eigenvalue weighted by molar-refractivity contribution is 14.1. The molecule has 1 rings (SSSR count). The van der Waals surface area contributed by atoms with E-state index < -0.39 is 0 Å². The average Bonchev–Trinajstić information content (AvgIpc) is 2.35. The van der Waals surface area contributed by atoms with Gasteiger partial charge >= 0.3 is 0 Å². The monoisotopic (exact) mass is 327 g/mol. The van der Waals surface area contributed by atoms with Crippen molar-refractivity contribution in [1.29, 1.82) is 0 Å². The van der Waals surface area contributed by atoms with E-state index in [9.17, 15) is 0 Å². The largest absolute Gasteiger partial charge is 0.497 e. The van der Waals surface area contributed by atoms with E-state index in [1.165, 1.54) is 0 Å². The molecule has 0 saturated carbocycles. The maximum absolute atomic E-state index is 5.12. The molecule has 3 heteroatoms. The minimum Gasteiger partial charge on any atom is -0.497 e. The number of benzene rings is 1. The quantitative estimate of drug-likeness (QED) is 0.464. The number of ether oxygens (including phenoxy) is 1. The topological polar surface area (TPSA) is 21.6 Å². The summed E-state index contributed by atoms with van der Waals surface area (Å²) in [4.78, 5) is 4.14. The fraction of sp³-hybridized carbons (Fsp3) is 0.154. The lowest BCUT2D eigenvalue weighted by Gasteiger charge is -2.03. The molecule has 1 aromatic carbocycles. The van der Waals surface area contributed by atoms with Crippen molar-refractivity contribution in [2.45, 2.75) is 6.92 Å². The molecule has 2 nitrogen and oxygen atoms in total. The van der Waals surface area contributed by atoms with E-state index in [1.54, 1.807) is 13.3 Å². The van der Waals surface area contributed by atoms with Gasteiger partial charge in [-0.3, -0.25) is 4.99 Å². The van der Waals surface area contributed by atoms with Crippen molar-refractivity contribution in [1.82, 2.24) is 0 Å². The van der Waals surface area contributed by atoms with Crippen LogP contribution in [0.3, 0.4) is 0 Å². The molecule has 0 spiro atoms. The highest BCUT2D eigenvalue weighted by Gasteiger charge is 1.97. The number of rotatable bonds is 4. The van der Waals surface area contributed by atoms with Crippen LogP contribution in [-0.2, 0) is 0 Å². The van der Waals surface area contributed by atoms with Crippen molar-refractivity contribution < 1.29 is 4.74 Å². The second-order valence-electron chi connectivity index (χ2n) is 3.01. The van der Waals surface area contributed by atoms with Crippen LogP contribution in [-0.4, -0.2) is 13.3 Å². The Morgan fingerprint density at radius 1 is 1.31 bits per heavy atom. The molecule has 0 fully saturated rings. The van der Waals surface area contributed by atoms with E-state index in [-0.39, 0.29) is 0 Å². The molecule has 84 valence electrons. The van der Waals surface area contributed by atoms with E-state index in [0.717, 1.165) is 16.9 Å². The second kappa shape index (κ2) is 7.22. The van der Waals surface area contributed by atoms with Crippen LogP contribution in [0.15, 0.2) is 45.6 Å². The van der Waals surface area contributed by atoms with Crippen LogP contribution < -0.4 is 4.74 Å². The zero-order valence-corrected chi connectivity index (χ0v) is 11.5. The molecular weight excluding hydrogens is 313 g/mol. The lowest BCUT2D eigenvalue weighted by Crippen LogP contribution is -1.84. The molecule has 0 heterocycles. The summed E-state index contributed by atoms with van der Waals surface area (Å²) in [5, 5.41) is 0. The minimum absolute atomic E-state index is 0.862. The zero-order valence-electron chi connectivity index (χ0n) is 9.35. The Bertz CT molecular complexity index is 404. The van der Waals surface area contributed by atoms with Gasteiger partial charge in [-0.15, -0.1) is 0 Å². The number of aliphatic imine (C=N–C) groups is 1. The van der Waals surface area contributed by atoms with Gasteiger partial charge in [-0.2, -0.15) is 0 Å². The van der Waals surface area contributed by atoms with Crippen LogP contribution in [0.2, 0.25) is 0 Å². The van der Waals surface area contributed by atoms with Gasteiger partial charge in [-0.25, -0.2) is 0 Å². The van der Waals surface area contributed by atoms with Crippen LogP contribution in [0, 0.1) is 0 Å². The molecule has 0 aliphatic rings. The summed E-state index contributed by atoms with van der Waals surface area (Å²) in [5.74, 6) is 0.862. The smallest absolute Gasteiger partial charge is 0.118 e. The van der Waals surface area contributed by atoms with Crippen LogP contribution in [0.1, 0.15) is 12.5 Å². The minimum atomic E-state index is 0.862. The molecule has 0 amide bonds. The van der Waals surface area contributed by atoms with Crippen molar-refractivity contribution in [2.75, 3.05) is 7.11 Å². The van der Waals surface area contributed by atoms with Crippen molar-refractivity contribution in [3.8, 4) is 5.75 Å². The molecule has 0 unspecified atom stereocenters. The molecule has 0 aliphatic heterocycles. The third-order valence-electron chi connectivity index (χ3n) is 2.03. The second-order valence-corrected chi connectivity index (χ2v) is 3.73. The normalized spacial score (nSPS) is 12.6. The first-order valence-electron chi connectivity index (χ1n) is 4.91. The number of methoxy groups -OCH3 is 1. The van der Waals surface area contributed by atoms with Gasteiger partial charge in [0, 0.05) is 18.0 Å². The Morgan fingerprint density at radius 2 is 2.00 bits per heavy atom. The summed E-state index contributed by atoms with van der Waals surface area (Å²) in [6.45, 7) is 1.90. The Morgan fingerprint density at radius 3 is 2.50 bits per heavy atom. The van der Waals surface area contributed by atoms with Gasteiger partial charge in [-0.05, 0) is 34.8 Å². The summed E-state index contributed by atoms with van der Waals surface area (Å²) in [5.41, 5.74) is 2.20. The summed E-state index contributed by atoms with van der Waals surface area (Å²) in [6.07, 6.45) is 5.64. The lowest BCUT2D eigenvalue weighted by atomic mass is 10.1. The average molecular weight is 327 g/mol. The lowest BCUT2D eigenvalue weighted by molar-refractivity contribution is 0.415. The Labute approximate surface area is 110 Å². The fourth-order valence-corrected chi connectivity index (χ4v) is 1.61. The third-order valence-corrected chi connectivity index (χ3v) is 2.39. The number of nitrogens with zero attached hydrogens (tertiary/aromatic N) is 1. The number of halogens is 1. The first-order chi connectivity index (χ1) is 7.81. The first kappa shape index (κ1) is 13.0. The number of hydrogen-bond acceptors (Lipinski definition) is 2. The standard InChI is InChI=1S/C13H14INO/c1-3-15-10-12(8-9-14)11-4-6-13(16-2)7-5-11/h3-10H,1-2H3/b9-8-,12-10+,15-3?. The van der Waals surface area contributed by atoms with Crippen LogP contribution in [0.4, 0.5) is 0 Å². The van der Waals surface area contributed by atoms with Gasteiger partial charge in [0.15, 0.2) is 0 Å². The van der Waals surface area contributed by atoms with Gasteiger partial charge in [0.2, 0.25) is 0 Å². The van der Waals surface area contributed by atoms with Crippen LogP contribution in [0.5, 0.6) is 5.75 Å². The van der Waals surface area contributed by atoms with Gasteiger partial charge in [-0.1, -0.05) is 34.7 Å². The molecule has 0 aliphatic carbocycles. The maximum Gasteiger partial charge on any atom is 0.118 e. The molecule has 0 bridgehead atoms. The van der Waals surface area contributed by atoms with Crippen LogP contribution in [0.25, 0.3) is 5.57 Å². The zero-order chi connectivity index (χ0) is 11.8. The van der Waals surface area contributed by atoms with Crippen molar-refractivity contribution >= 4 is 34.4 Å². The number of allylic oxidation sites excluding steroid dienone is 2. The van der Waals surface area contributed by atoms with Crippen molar-refractivity contribution in [3.05, 3.63) is 46.2 Å². The van der Waals surface area contributed by atoms with Gasteiger partial charge in [0.05, 0.1) is 7.11 Å². The van der Waals surface area contributed by atoms with Gasteiger partial charge in [0.25, 0.3) is 0 Å². The molecule has 16 heavy (non-hydrogen) atoms. The number of hydrogen-bond donors (Lipinski definition) is 0. The molecular formula is C13H14INO. The fourth-order valence-electron chi connectivity index (χ4n) is 1.22. The molecule has 1 aromatic rings. The molecule has 0 atom stereocenters. The van der Waals surface area contributed by atoms with E-state index in [2.05, 4.69) is 27.6 Å². The maximum atomic E-state index is 5.12. The highest BCUT2D eigenvalue weighted by atomic mass is 127. The van der Waals surface area contributed by atoms with Crippen LogP contribution >= 0.6 is 22.6 Å². The predicted octanol–water partition coefficient (Wildman–Crippen LogP) is 4.08. The van der Waals surface area contributed by atoms with Crippen molar-refractivity contribution in [2.24, 2.45) is 4.99 Å². The SMILES string of the molecule is CC=N/C=C(\C=C/I)c1ccc(OC)cc1. The Kier molecular flexibility index (Phi) is 5.85. The first-order valence-corrected chi connectivity index (χ1v) is 6.15.